The van der Waals surface area contributed by atoms with Crippen LogP contribution in [-0.2, 0) is 17.1 Å². The topological polar surface area (TPSA) is 64.0 Å². The van der Waals surface area contributed by atoms with Gasteiger partial charge in [0.15, 0.2) is 0 Å². The molecule has 2 aromatic heterocycles. The molecule has 144 valence electrons. The summed E-state index contributed by atoms with van der Waals surface area (Å²) in [7, 11) is -2.56. The highest BCUT2D eigenvalue weighted by molar-refractivity contribution is 7.89. The number of aryl methyl sites for hydroxylation is 1. The fourth-order valence-corrected chi connectivity index (χ4v) is 4.24. The number of hydrogen-bond donors (Lipinski definition) is 1. The van der Waals surface area contributed by atoms with E-state index in [1.807, 2.05) is 28.8 Å². The zero-order valence-electron chi connectivity index (χ0n) is 14.2. The Morgan fingerprint density at radius 3 is 2.41 bits per heavy atom. The largest absolute Gasteiger partial charge is 0.404 e. The zero-order chi connectivity index (χ0) is 20.0. The summed E-state index contributed by atoms with van der Waals surface area (Å²) in [5.41, 5.74) is 1.86. The van der Waals surface area contributed by atoms with Gasteiger partial charge in [-0.15, -0.1) is 0 Å². The number of rotatable bonds is 4. The maximum Gasteiger partial charge on any atom is 0.404 e. The highest BCUT2D eigenvalue weighted by atomic mass is 35.5. The summed E-state index contributed by atoms with van der Waals surface area (Å²) in [5, 5.41) is 1.27. The van der Waals surface area contributed by atoms with Crippen LogP contribution in [-0.4, -0.2) is 30.2 Å². The normalized spacial score (nSPS) is 13.9. The molecule has 1 atom stereocenters. The maximum atomic E-state index is 12.6. The van der Waals surface area contributed by atoms with Gasteiger partial charge in [-0.2, -0.15) is 17.9 Å². The van der Waals surface area contributed by atoms with Gasteiger partial charge in [0.05, 0.1) is 16.4 Å². The average Bonchev–Trinajstić information content (AvgIpc) is 2.85. The van der Waals surface area contributed by atoms with Gasteiger partial charge in [-0.25, -0.2) is 8.42 Å². The van der Waals surface area contributed by atoms with Crippen molar-refractivity contribution in [2.45, 2.75) is 24.0 Å². The lowest BCUT2D eigenvalue weighted by Crippen LogP contribution is -2.42. The van der Waals surface area contributed by atoms with Gasteiger partial charge in [-0.05, 0) is 25.1 Å². The first-order valence-electron chi connectivity index (χ1n) is 7.81. The van der Waals surface area contributed by atoms with E-state index in [9.17, 15) is 21.6 Å². The lowest BCUT2D eigenvalue weighted by molar-refractivity contribution is -0.147. The van der Waals surface area contributed by atoms with Crippen LogP contribution in [0.4, 0.5) is 13.2 Å². The van der Waals surface area contributed by atoms with E-state index in [-0.39, 0.29) is 4.90 Å². The van der Waals surface area contributed by atoms with Gasteiger partial charge < -0.3 is 4.57 Å². The van der Waals surface area contributed by atoms with Gasteiger partial charge in [0.2, 0.25) is 10.0 Å². The number of hydrogen-bond acceptors (Lipinski definition) is 3. The predicted molar refractivity (Wildman–Crippen MR) is 97.0 cm³/mol. The number of benzene rings is 1. The molecule has 1 aromatic carbocycles. The maximum absolute atomic E-state index is 12.6. The average molecular weight is 418 g/mol. The fraction of sp³-hybridized carbons (Fsp3) is 0.235. The second-order valence-corrected chi connectivity index (χ2v) is 8.09. The van der Waals surface area contributed by atoms with E-state index < -0.39 is 22.2 Å². The Kier molecular flexibility index (Phi) is 4.96. The molecule has 0 bridgehead atoms. The molecule has 0 radical (unpaired) electrons. The minimum Gasteiger partial charge on any atom is -0.341 e. The SMILES string of the molecule is CC(NS(=O)(=O)c1ccc(-c2c(Cl)c3ccccc3n2C)nc1)C(F)(F)F. The molecule has 10 heteroatoms. The molecule has 0 aliphatic rings. The van der Waals surface area contributed by atoms with Crippen molar-refractivity contribution in [3.8, 4) is 11.4 Å². The van der Waals surface area contributed by atoms with Gasteiger partial charge in [-0.3, -0.25) is 4.98 Å². The Bertz CT molecular complexity index is 1050. The third-order valence-corrected chi connectivity index (χ3v) is 6.07. The first-order chi connectivity index (χ1) is 12.5. The monoisotopic (exact) mass is 417 g/mol. The van der Waals surface area contributed by atoms with Crippen LogP contribution in [0.2, 0.25) is 5.02 Å². The van der Waals surface area contributed by atoms with E-state index >= 15 is 0 Å². The Morgan fingerprint density at radius 1 is 1.19 bits per heavy atom. The summed E-state index contributed by atoms with van der Waals surface area (Å²) in [6.07, 6.45) is -3.67. The molecule has 0 spiro atoms. The number of para-hydroxylation sites is 1. The Hall–Kier alpha value is -2.10. The van der Waals surface area contributed by atoms with Crippen LogP contribution in [0.1, 0.15) is 6.92 Å². The number of nitrogens with one attached hydrogen (secondary N) is 1. The molecule has 0 saturated heterocycles. The second-order valence-electron chi connectivity index (χ2n) is 6.00. The highest BCUT2D eigenvalue weighted by Gasteiger charge is 2.38. The molecular weight excluding hydrogens is 403 g/mol. The number of alkyl halides is 3. The van der Waals surface area contributed by atoms with Gasteiger partial charge in [-0.1, -0.05) is 29.8 Å². The second kappa shape index (κ2) is 6.81. The summed E-state index contributed by atoms with van der Waals surface area (Å²) in [4.78, 5) is 3.73. The molecule has 3 rings (SSSR count). The molecule has 1 unspecified atom stereocenters. The van der Waals surface area contributed by atoms with Crippen molar-refractivity contribution < 1.29 is 21.6 Å². The molecule has 0 saturated carbocycles. The quantitative estimate of drug-likeness (QED) is 0.694. The molecule has 3 aromatic rings. The number of halogens is 4. The van der Waals surface area contributed by atoms with Crippen LogP contribution in [0.3, 0.4) is 0 Å². The molecular formula is C17H15ClF3N3O2S. The van der Waals surface area contributed by atoms with E-state index in [2.05, 4.69) is 4.98 Å². The van der Waals surface area contributed by atoms with Crippen molar-refractivity contribution in [3.05, 3.63) is 47.6 Å². The van der Waals surface area contributed by atoms with Gasteiger partial charge in [0, 0.05) is 24.1 Å². The van der Waals surface area contributed by atoms with E-state index in [1.165, 1.54) is 12.1 Å². The molecule has 0 fully saturated rings. The number of sulfonamides is 1. The Balaban J connectivity index is 1.97. The van der Waals surface area contributed by atoms with Crippen LogP contribution in [0.15, 0.2) is 47.5 Å². The smallest absolute Gasteiger partial charge is 0.341 e. The molecule has 0 aliphatic heterocycles. The van der Waals surface area contributed by atoms with E-state index in [0.717, 1.165) is 24.0 Å². The number of fused-ring (bicyclic) bond motifs is 1. The lowest BCUT2D eigenvalue weighted by atomic mass is 10.2. The molecule has 0 aliphatic carbocycles. The Labute approximate surface area is 158 Å². The van der Waals surface area contributed by atoms with Crippen LogP contribution in [0.5, 0.6) is 0 Å². The zero-order valence-corrected chi connectivity index (χ0v) is 15.8. The van der Waals surface area contributed by atoms with Crippen LogP contribution < -0.4 is 4.72 Å². The predicted octanol–water partition coefficient (Wildman–Crippen LogP) is 4.12. The molecule has 27 heavy (non-hydrogen) atoms. The van der Waals surface area contributed by atoms with Gasteiger partial charge in [0.25, 0.3) is 0 Å². The van der Waals surface area contributed by atoms with Crippen molar-refractivity contribution in [3.63, 3.8) is 0 Å². The first-order valence-corrected chi connectivity index (χ1v) is 9.67. The summed E-state index contributed by atoms with van der Waals surface area (Å²) in [6, 6.07) is 7.83. The highest BCUT2D eigenvalue weighted by Crippen LogP contribution is 2.36. The molecule has 0 amide bonds. The number of aromatic nitrogens is 2. The summed E-state index contributed by atoms with van der Waals surface area (Å²) < 4.78 is 65.5. The van der Waals surface area contributed by atoms with E-state index in [0.29, 0.717) is 16.4 Å². The molecule has 5 nitrogen and oxygen atoms in total. The van der Waals surface area contributed by atoms with Crippen molar-refractivity contribution in [1.29, 1.82) is 0 Å². The standard InChI is InChI=1S/C17H15ClF3N3O2S/c1-10(17(19,20)21)23-27(25,26)11-7-8-13(22-9-11)16-15(18)12-5-3-4-6-14(12)24(16)2/h3-10,23H,1-2H3. The van der Waals surface area contributed by atoms with Crippen LogP contribution in [0, 0.1) is 0 Å². The van der Waals surface area contributed by atoms with Gasteiger partial charge >= 0.3 is 6.18 Å². The molecule has 2 heterocycles. The summed E-state index contributed by atoms with van der Waals surface area (Å²) in [5.74, 6) is 0. The van der Waals surface area contributed by atoms with E-state index in [1.54, 1.807) is 11.8 Å². The Morgan fingerprint density at radius 2 is 1.85 bits per heavy atom. The first kappa shape index (κ1) is 19.7. The summed E-state index contributed by atoms with van der Waals surface area (Å²) >= 11 is 6.43. The third kappa shape index (κ3) is 3.67. The molecule has 1 N–H and O–H groups in total. The summed E-state index contributed by atoms with van der Waals surface area (Å²) in [6.45, 7) is 0.731. The minimum atomic E-state index is -4.68. The van der Waals surface area contributed by atoms with Crippen LogP contribution >= 0.6 is 11.6 Å². The van der Waals surface area contributed by atoms with Crippen molar-refractivity contribution >= 4 is 32.5 Å². The number of pyridine rings is 1. The lowest BCUT2D eigenvalue weighted by Gasteiger charge is -2.17. The van der Waals surface area contributed by atoms with Crippen LogP contribution in [0.25, 0.3) is 22.3 Å². The van der Waals surface area contributed by atoms with Gasteiger partial charge in [0.1, 0.15) is 10.9 Å². The number of nitrogens with zero attached hydrogens (tertiary/aromatic N) is 2. The van der Waals surface area contributed by atoms with Crippen molar-refractivity contribution in [1.82, 2.24) is 14.3 Å². The minimum absolute atomic E-state index is 0.364. The fourth-order valence-electron chi connectivity index (χ4n) is 2.68. The van der Waals surface area contributed by atoms with Crippen molar-refractivity contribution in [2.24, 2.45) is 7.05 Å². The third-order valence-electron chi connectivity index (χ3n) is 4.16. The van der Waals surface area contributed by atoms with E-state index in [4.69, 9.17) is 11.6 Å². The van der Waals surface area contributed by atoms with Crippen molar-refractivity contribution in [2.75, 3.05) is 0 Å².